The van der Waals surface area contributed by atoms with Gasteiger partial charge in [-0.2, -0.15) is 0 Å². The smallest absolute Gasteiger partial charge is 0.242 e. The number of carbonyl (C=O) groups is 3. The molecule has 3 aliphatic rings. The maximum absolute atomic E-state index is 12.5. The van der Waals surface area contributed by atoms with Gasteiger partial charge in [-0.15, -0.1) is 0 Å². The molecular weight excluding hydrogens is 356 g/mol. The number of nitrogens with zero attached hydrogens (tertiary/aromatic N) is 2. The van der Waals surface area contributed by atoms with Crippen LogP contribution in [0.1, 0.15) is 65.2 Å². The molecule has 7 nitrogen and oxygen atoms in total. The highest BCUT2D eigenvalue weighted by Crippen LogP contribution is 2.26. The zero-order valence-corrected chi connectivity index (χ0v) is 17.6. The molecule has 1 aliphatic carbocycles. The number of carbonyl (C=O) groups excluding carboxylic acids is 3. The van der Waals surface area contributed by atoms with Gasteiger partial charge in [0, 0.05) is 32.6 Å². The minimum atomic E-state index is -0.274. The molecule has 160 valence electrons. The molecule has 2 saturated heterocycles. The second-order valence-electron chi connectivity index (χ2n) is 8.59. The number of rotatable bonds is 7. The molecule has 3 amide bonds. The van der Waals surface area contributed by atoms with Crippen LogP contribution < -0.4 is 11.1 Å². The van der Waals surface area contributed by atoms with Gasteiger partial charge in [-0.05, 0) is 31.1 Å². The monoisotopic (exact) mass is 394 g/mol. The fourth-order valence-corrected chi connectivity index (χ4v) is 3.68. The molecule has 0 aromatic heterocycles. The predicted octanol–water partition coefficient (Wildman–Crippen LogP) is 1.51. The van der Waals surface area contributed by atoms with Crippen molar-refractivity contribution in [1.29, 1.82) is 0 Å². The zero-order chi connectivity index (χ0) is 20.5. The molecule has 0 aromatic rings. The summed E-state index contributed by atoms with van der Waals surface area (Å²) in [7, 11) is 0. The average Bonchev–Trinajstić information content (AvgIpc) is 3.45. The van der Waals surface area contributed by atoms with Crippen LogP contribution in [0.3, 0.4) is 0 Å². The van der Waals surface area contributed by atoms with Crippen LogP contribution in [0.4, 0.5) is 0 Å². The Bertz CT molecular complexity index is 528. The average molecular weight is 395 g/mol. The van der Waals surface area contributed by atoms with Gasteiger partial charge >= 0.3 is 0 Å². The zero-order valence-electron chi connectivity index (χ0n) is 17.6. The van der Waals surface area contributed by atoms with E-state index in [1.54, 1.807) is 4.90 Å². The molecule has 0 bridgehead atoms. The van der Waals surface area contributed by atoms with Crippen molar-refractivity contribution in [2.24, 2.45) is 17.6 Å². The van der Waals surface area contributed by atoms with Crippen molar-refractivity contribution >= 4 is 17.7 Å². The summed E-state index contributed by atoms with van der Waals surface area (Å²) in [6.07, 6.45) is 7.89. The van der Waals surface area contributed by atoms with Gasteiger partial charge in [0.05, 0.1) is 12.6 Å². The van der Waals surface area contributed by atoms with Crippen molar-refractivity contribution in [3.8, 4) is 0 Å². The van der Waals surface area contributed by atoms with Crippen LogP contribution in [0.15, 0.2) is 0 Å². The first-order valence-electron chi connectivity index (χ1n) is 11.0. The summed E-state index contributed by atoms with van der Waals surface area (Å²) in [4.78, 5) is 39.4. The van der Waals surface area contributed by atoms with E-state index in [2.05, 4.69) is 19.2 Å². The Hall–Kier alpha value is -1.63. The summed E-state index contributed by atoms with van der Waals surface area (Å²) in [6.45, 7) is 7.19. The highest BCUT2D eigenvalue weighted by atomic mass is 16.2. The summed E-state index contributed by atoms with van der Waals surface area (Å²) >= 11 is 0. The SMILES string of the molecule is CC1CC1.CCCCC1NCCN(CC(=O)N2CCC(CC(N)=O)CC2)C1=O. The number of piperazine rings is 1. The molecule has 0 spiro atoms. The van der Waals surface area contributed by atoms with E-state index < -0.39 is 0 Å². The lowest BCUT2D eigenvalue weighted by molar-refractivity contribution is -0.144. The highest BCUT2D eigenvalue weighted by molar-refractivity contribution is 5.88. The number of amides is 3. The second-order valence-corrected chi connectivity index (χ2v) is 8.59. The number of primary amides is 1. The molecule has 28 heavy (non-hydrogen) atoms. The number of hydrogen-bond donors (Lipinski definition) is 2. The molecule has 7 heteroatoms. The van der Waals surface area contributed by atoms with Crippen molar-refractivity contribution in [2.45, 2.75) is 71.3 Å². The summed E-state index contributed by atoms with van der Waals surface area (Å²) in [5.74, 6) is 1.15. The molecule has 1 unspecified atom stereocenters. The number of hydrogen-bond acceptors (Lipinski definition) is 4. The fraction of sp³-hybridized carbons (Fsp3) is 0.857. The number of nitrogens with one attached hydrogen (secondary N) is 1. The minimum Gasteiger partial charge on any atom is -0.370 e. The van der Waals surface area contributed by atoms with Crippen molar-refractivity contribution in [2.75, 3.05) is 32.7 Å². The molecule has 0 radical (unpaired) electrons. The first-order valence-corrected chi connectivity index (χ1v) is 11.0. The Balaban J connectivity index is 0.000000620. The Morgan fingerprint density at radius 3 is 2.32 bits per heavy atom. The molecule has 3 fully saturated rings. The third-order valence-electron chi connectivity index (χ3n) is 5.88. The lowest BCUT2D eigenvalue weighted by atomic mass is 9.93. The number of unbranched alkanes of at least 4 members (excludes halogenated alkanes) is 1. The van der Waals surface area contributed by atoms with E-state index in [-0.39, 0.29) is 36.2 Å². The van der Waals surface area contributed by atoms with Crippen molar-refractivity contribution < 1.29 is 14.4 Å². The second kappa shape index (κ2) is 11.4. The van der Waals surface area contributed by atoms with Gasteiger partial charge < -0.3 is 20.9 Å². The van der Waals surface area contributed by atoms with Crippen LogP contribution in [0, 0.1) is 11.8 Å². The molecule has 3 rings (SSSR count). The van der Waals surface area contributed by atoms with Crippen LogP contribution in [0.25, 0.3) is 0 Å². The number of nitrogens with two attached hydrogens (primary N) is 1. The van der Waals surface area contributed by atoms with Crippen molar-refractivity contribution in [3.63, 3.8) is 0 Å². The predicted molar refractivity (Wildman–Crippen MR) is 109 cm³/mol. The van der Waals surface area contributed by atoms with E-state index in [1.807, 2.05) is 4.90 Å². The summed E-state index contributed by atoms with van der Waals surface area (Å²) < 4.78 is 0. The Labute approximate surface area is 169 Å². The highest BCUT2D eigenvalue weighted by Gasteiger charge is 2.31. The van der Waals surface area contributed by atoms with Gasteiger partial charge in [-0.3, -0.25) is 14.4 Å². The molecule has 2 aliphatic heterocycles. The van der Waals surface area contributed by atoms with Gasteiger partial charge in [0.1, 0.15) is 0 Å². The van der Waals surface area contributed by atoms with Crippen LogP contribution in [-0.4, -0.2) is 66.3 Å². The third-order valence-corrected chi connectivity index (χ3v) is 5.88. The van der Waals surface area contributed by atoms with E-state index in [0.717, 1.165) is 44.6 Å². The van der Waals surface area contributed by atoms with Crippen LogP contribution in [0.5, 0.6) is 0 Å². The summed E-state index contributed by atoms with van der Waals surface area (Å²) in [6, 6.07) is -0.146. The quantitative estimate of drug-likeness (QED) is 0.684. The first kappa shape index (κ1) is 22.7. The first-order chi connectivity index (χ1) is 13.4. The van der Waals surface area contributed by atoms with Crippen LogP contribution >= 0.6 is 0 Å². The van der Waals surface area contributed by atoms with Crippen molar-refractivity contribution in [3.05, 3.63) is 0 Å². The lowest BCUT2D eigenvalue weighted by Gasteiger charge is -2.36. The van der Waals surface area contributed by atoms with E-state index >= 15 is 0 Å². The van der Waals surface area contributed by atoms with Gasteiger partial charge in [-0.1, -0.05) is 39.5 Å². The summed E-state index contributed by atoms with van der Waals surface area (Å²) in [5.41, 5.74) is 5.23. The Kier molecular flexibility index (Phi) is 9.22. The van der Waals surface area contributed by atoms with Gasteiger partial charge in [0.2, 0.25) is 17.7 Å². The van der Waals surface area contributed by atoms with E-state index in [0.29, 0.717) is 26.1 Å². The minimum absolute atomic E-state index is 0.0111. The molecule has 1 saturated carbocycles. The number of piperidine rings is 1. The fourth-order valence-electron chi connectivity index (χ4n) is 3.68. The standard InChI is InChI=1S/C17H30N4O3.C4H8/c1-2-3-4-14-17(24)21(10-7-19-14)12-16(23)20-8-5-13(6-9-20)11-15(18)22;1-4-2-3-4/h13-14,19H,2-12H2,1H3,(H2,18,22);4H,2-3H2,1H3. The van der Waals surface area contributed by atoms with E-state index in [9.17, 15) is 14.4 Å². The molecular formula is C21H38N4O3. The largest absolute Gasteiger partial charge is 0.370 e. The van der Waals surface area contributed by atoms with Crippen LogP contribution in [-0.2, 0) is 14.4 Å². The molecule has 0 aromatic carbocycles. The Morgan fingerprint density at radius 1 is 1.14 bits per heavy atom. The maximum atomic E-state index is 12.5. The van der Waals surface area contributed by atoms with E-state index in [4.69, 9.17) is 5.73 Å². The van der Waals surface area contributed by atoms with Gasteiger partial charge in [-0.25, -0.2) is 0 Å². The lowest BCUT2D eigenvalue weighted by Crippen LogP contribution is -2.57. The van der Waals surface area contributed by atoms with E-state index in [1.165, 1.54) is 12.8 Å². The Morgan fingerprint density at radius 2 is 1.79 bits per heavy atom. The van der Waals surface area contributed by atoms with Crippen LogP contribution in [0.2, 0.25) is 0 Å². The van der Waals surface area contributed by atoms with Gasteiger partial charge in [0.15, 0.2) is 0 Å². The van der Waals surface area contributed by atoms with Crippen molar-refractivity contribution in [1.82, 2.24) is 15.1 Å². The normalized spacial score (nSPS) is 23.2. The summed E-state index contributed by atoms with van der Waals surface area (Å²) in [5, 5.41) is 3.25. The third kappa shape index (κ3) is 7.78. The topological polar surface area (TPSA) is 95.7 Å². The number of likely N-dealkylation sites (tertiary alicyclic amines) is 1. The van der Waals surface area contributed by atoms with Gasteiger partial charge in [0.25, 0.3) is 0 Å². The molecule has 2 heterocycles. The molecule has 3 N–H and O–H groups in total. The maximum Gasteiger partial charge on any atom is 0.242 e. The molecule has 1 atom stereocenters.